The Morgan fingerprint density at radius 3 is 2.37 bits per heavy atom. The van der Waals surface area contributed by atoms with Gasteiger partial charge in [-0.05, 0) is 44.0 Å². The monoisotopic (exact) mass is 521 g/mol. The number of nitrogens with one attached hydrogen (secondary N) is 2. The van der Waals surface area contributed by atoms with Gasteiger partial charge < -0.3 is 10.6 Å². The average molecular weight is 521 g/mol. The Balaban J connectivity index is 0.00000320. The van der Waals surface area contributed by atoms with Gasteiger partial charge in [0.05, 0.1) is 18.8 Å². The number of benzene rings is 2. The van der Waals surface area contributed by atoms with E-state index in [4.69, 9.17) is 5.10 Å². The molecule has 0 unspecified atom stereocenters. The van der Waals surface area contributed by atoms with Crippen LogP contribution in [0.15, 0.2) is 59.6 Å². The highest BCUT2D eigenvalue weighted by molar-refractivity contribution is 14.0. The molecule has 0 aliphatic carbocycles. The summed E-state index contributed by atoms with van der Waals surface area (Å²) < 4.78 is 15.1. The first-order chi connectivity index (χ1) is 14.1. The van der Waals surface area contributed by atoms with Crippen molar-refractivity contribution in [1.82, 2.24) is 20.4 Å². The first-order valence-electron chi connectivity index (χ1n) is 9.90. The van der Waals surface area contributed by atoms with Gasteiger partial charge in [0.25, 0.3) is 0 Å². The molecule has 5 nitrogen and oxygen atoms in total. The van der Waals surface area contributed by atoms with E-state index in [1.54, 1.807) is 12.1 Å². The van der Waals surface area contributed by atoms with Crippen LogP contribution in [0.1, 0.15) is 35.0 Å². The third kappa shape index (κ3) is 6.55. The third-order valence-electron chi connectivity index (χ3n) is 4.82. The summed E-state index contributed by atoms with van der Waals surface area (Å²) in [6.45, 7) is 8.81. The lowest BCUT2D eigenvalue weighted by Crippen LogP contribution is -2.37. The summed E-state index contributed by atoms with van der Waals surface area (Å²) >= 11 is 0. The summed E-state index contributed by atoms with van der Waals surface area (Å²) in [6, 6.07) is 16.8. The molecule has 0 aliphatic heterocycles. The van der Waals surface area contributed by atoms with Gasteiger partial charge in [0.1, 0.15) is 5.82 Å². The van der Waals surface area contributed by atoms with Crippen LogP contribution in [-0.2, 0) is 19.6 Å². The van der Waals surface area contributed by atoms with Gasteiger partial charge in [-0.15, -0.1) is 24.0 Å². The molecule has 7 heteroatoms. The minimum absolute atomic E-state index is 0. The Morgan fingerprint density at radius 2 is 1.70 bits per heavy atom. The van der Waals surface area contributed by atoms with E-state index in [2.05, 4.69) is 34.7 Å². The van der Waals surface area contributed by atoms with Gasteiger partial charge in [0.2, 0.25) is 0 Å². The van der Waals surface area contributed by atoms with Gasteiger partial charge in [0.15, 0.2) is 5.96 Å². The first-order valence-corrected chi connectivity index (χ1v) is 9.90. The van der Waals surface area contributed by atoms with Crippen molar-refractivity contribution in [2.45, 2.75) is 40.4 Å². The van der Waals surface area contributed by atoms with Gasteiger partial charge in [-0.3, -0.25) is 4.68 Å². The second-order valence-electron chi connectivity index (χ2n) is 6.97. The zero-order valence-electron chi connectivity index (χ0n) is 17.7. The lowest BCUT2D eigenvalue weighted by atomic mass is 10.2. The maximum absolute atomic E-state index is 13.1. The number of hydrogen-bond donors (Lipinski definition) is 2. The van der Waals surface area contributed by atoms with Crippen LogP contribution in [0.2, 0.25) is 0 Å². The number of hydrogen-bond acceptors (Lipinski definition) is 2. The van der Waals surface area contributed by atoms with Crippen molar-refractivity contribution in [2.24, 2.45) is 4.99 Å². The third-order valence-corrected chi connectivity index (χ3v) is 4.82. The molecule has 30 heavy (non-hydrogen) atoms. The largest absolute Gasteiger partial charge is 0.357 e. The molecule has 2 aromatic carbocycles. The van der Waals surface area contributed by atoms with Gasteiger partial charge in [0, 0.05) is 24.3 Å². The molecule has 0 spiro atoms. The lowest BCUT2D eigenvalue weighted by molar-refractivity contribution is 0.627. The summed E-state index contributed by atoms with van der Waals surface area (Å²) in [5.74, 6) is 0.493. The lowest BCUT2D eigenvalue weighted by Gasteiger charge is -2.12. The molecule has 0 saturated heterocycles. The number of aromatic nitrogens is 2. The zero-order valence-corrected chi connectivity index (χ0v) is 20.0. The molecule has 2 N–H and O–H groups in total. The van der Waals surface area contributed by atoms with E-state index >= 15 is 0 Å². The minimum atomic E-state index is -0.235. The molecule has 0 saturated carbocycles. The molecule has 0 aliphatic rings. The van der Waals surface area contributed by atoms with Crippen molar-refractivity contribution in [1.29, 1.82) is 0 Å². The summed E-state index contributed by atoms with van der Waals surface area (Å²) in [4.78, 5) is 4.61. The average Bonchev–Trinajstić information content (AvgIpc) is 2.99. The summed E-state index contributed by atoms with van der Waals surface area (Å²) in [5, 5.41) is 11.4. The van der Waals surface area contributed by atoms with E-state index in [0.717, 1.165) is 36.0 Å². The van der Waals surface area contributed by atoms with Crippen molar-refractivity contribution in [3.63, 3.8) is 0 Å². The molecule has 3 aromatic rings. The standard InChI is InChI=1S/C23H28FN5.HI/c1-4-25-23(26-14-19-10-12-21(24)13-11-19)27-15-22-17(2)28-29(18(22)3)16-20-8-6-5-7-9-20;/h5-13H,4,14-16H2,1-3H3,(H2,25,26,27);1H. The highest BCUT2D eigenvalue weighted by Gasteiger charge is 2.12. The molecule has 0 fully saturated rings. The quantitative estimate of drug-likeness (QED) is 0.272. The Kier molecular flexibility index (Phi) is 9.29. The number of guanidine groups is 1. The maximum atomic E-state index is 13.1. The summed E-state index contributed by atoms with van der Waals surface area (Å²) in [6.07, 6.45) is 0. The fraction of sp³-hybridized carbons (Fsp3) is 0.304. The molecule has 0 radical (unpaired) electrons. The van der Waals surface area contributed by atoms with Crippen molar-refractivity contribution in [3.8, 4) is 0 Å². The van der Waals surface area contributed by atoms with Crippen LogP contribution in [0.4, 0.5) is 4.39 Å². The summed E-state index contributed by atoms with van der Waals surface area (Å²) in [7, 11) is 0. The Labute approximate surface area is 194 Å². The van der Waals surface area contributed by atoms with E-state index in [9.17, 15) is 4.39 Å². The van der Waals surface area contributed by atoms with E-state index < -0.39 is 0 Å². The maximum Gasteiger partial charge on any atom is 0.191 e. The molecule has 0 amide bonds. The number of rotatable bonds is 7. The molecule has 160 valence electrons. The molecule has 0 bridgehead atoms. The van der Waals surface area contributed by atoms with Gasteiger partial charge in [-0.25, -0.2) is 9.38 Å². The molecule has 1 heterocycles. The fourth-order valence-corrected chi connectivity index (χ4v) is 3.17. The van der Waals surface area contributed by atoms with Gasteiger partial charge >= 0.3 is 0 Å². The highest BCUT2D eigenvalue weighted by Crippen LogP contribution is 2.14. The minimum Gasteiger partial charge on any atom is -0.357 e. The fourth-order valence-electron chi connectivity index (χ4n) is 3.17. The molecular formula is C23H29FIN5. The Bertz CT molecular complexity index is 952. The number of nitrogens with zero attached hydrogens (tertiary/aromatic N) is 3. The topological polar surface area (TPSA) is 54.2 Å². The van der Waals surface area contributed by atoms with Crippen LogP contribution in [0.25, 0.3) is 0 Å². The van der Waals surface area contributed by atoms with Gasteiger partial charge in [-0.1, -0.05) is 42.5 Å². The van der Waals surface area contributed by atoms with Crippen LogP contribution >= 0.6 is 24.0 Å². The van der Waals surface area contributed by atoms with Crippen molar-refractivity contribution >= 4 is 29.9 Å². The first kappa shape index (κ1) is 23.9. The van der Waals surface area contributed by atoms with Crippen LogP contribution < -0.4 is 10.6 Å². The molecule has 1 aromatic heterocycles. The Hall–Kier alpha value is -2.42. The predicted octanol–water partition coefficient (Wildman–Crippen LogP) is 4.56. The van der Waals surface area contributed by atoms with Crippen LogP contribution in [0.3, 0.4) is 0 Å². The second kappa shape index (κ2) is 11.7. The van der Waals surface area contributed by atoms with E-state index in [-0.39, 0.29) is 29.8 Å². The van der Waals surface area contributed by atoms with Crippen LogP contribution in [-0.4, -0.2) is 22.3 Å². The highest BCUT2D eigenvalue weighted by atomic mass is 127. The van der Waals surface area contributed by atoms with Crippen LogP contribution in [0.5, 0.6) is 0 Å². The molecule has 3 rings (SSSR count). The predicted molar refractivity (Wildman–Crippen MR) is 131 cm³/mol. The molecule has 0 atom stereocenters. The zero-order chi connectivity index (χ0) is 20.6. The van der Waals surface area contributed by atoms with E-state index in [0.29, 0.717) is 13.1 Å². The van der Waals surface area contributed by atoms with Gasteiger partial charge in [-0.2, -0.15) is 5.10 Å². The SMILES string of the molecule is CCNC(=NCc1ccc(F)cc1)NCc1c(C)nn(Cc2ccccc2)c1C.I. The van der Waals surface area contributed by atoms with Crippen LogP contribution in [0, 0.1) is 19.7 Å². The van der Waals surface area contributed by atoms with E-state index in [1.165, 1.54) is 23.3 Å². The number of aryl methyl sites for hydroxylation is 1. The Morgan fingerprint density at radius 1 is 1.00 bits per heavy atom. The number of halogens is 2. The van der Waals surface area contributed by atoms with E-state index in [1.807, 2.05) is 36.7 Å². The van der Waals surface area contributed by atoms with Crippen molar-refractivity contribution < 1.29 is 4.39 Å². The van der Waals surface area contributed by atoms with Crippen molar-refractivity contribution in [3.05, 3.63) is 88.5 Å². The number of aliphatic imine (C=N–C) groups is 1. The normalized spacial score (nSPS) is 11.1. The molecular weight excluding hydrogens is 492 g/mol. The van der Waals surface area contributed by atoms with Crippen molar-refractivity contribution in [2.75, 3.05) is 6.54 Å². The second-order valence-corrected chi connectivity index (χ2v) is 6.97. The smallest absolute Gasteiger partial charge is 0.191 e. The summed E-state index contributed by atoms with van der Waals surface area (Å²) in [5.41, 5.74) is 5.53.